The Labute approximate surface area is 160 Å². The van der Waals surface area contributed by atoms with Crippen LogP contribution in [-0.4, -0.2) is 36.5 Å². The zero-order valence-electron chi connectivity index (χ0n) is 16.0. The second-order valence-corrected chi connectivity index (χ2v) is 8.42. The zero-order chi connectivity index (χ0) is 19.0. The highest BCUT2D eigenvalue weighted by Crippen LogP contribution is 2.42. The summed E-state index contributed by atoms with van der Waals surface area (Å²) in [6.07, 6.45) is 5.32. The van der Waals surface area contributed by atoms with Gasteiger partial charge in [0, 0.05) is 37.2 Å². The van der Waals surface area contributed by atoms with Crippen molar-refractivity contribution >= 4 is 17.5 Å². The van der Waals surface area contributed by atoms with E-state index in [1.807, 2.05) is 6.07 Å². The molecule has 1 aromatic carbocycles. The van der Waals surface area contributed by atoms with E-state index < -0.39 is 0 Å². The monoisotopic (exact) mass is 370 g/mol. The number of hydrogen-bond donors (Lipinski definition) is 4. The number of benzene rings is 1. The van der Waals surface area contributed by atoms with E-state index in [1.165, 1.54) is 11.1 Å². The summed E-state index contributed by atoms with van der Waals surface area (Å²) in [6, 6.07) is 6.51. The molecule has 0 saturated heterocycles. The number of aryl methyl sites for hydroxylation is 1. The first-order valence-electron chi connectivity index (χ1n) is 10.2. The van der Waals surface area contributed by atoms with Gasteiger partial charge in [0.2, 0.25) is 11.8 Å². The number of hydrogen-bond acceptors (Lipinski definition) is 4. The SMILES string of the molecule is Cc1cccc2c1NC(C(=O)NC1CC3CCC(C1)C3NC(=O)CCN)C2. The van der Waals surface area contributed by atoms with Crippen molar-refractivity contribution in [2.45, 2.75) is 63.6 Å². The van der Waals surface area contributed by atoms with Gasteiger partial charge in [-0.1, -0.05) is 18.2 Å². The number of fused-ring (bicyclic) bond motifs is 3. The molecule has 6 nitrogen and oxygen atoms in total. The van der Waals surface area contributed by atoms with Gasteiger partial charge < -0.3 is 21.7 Å². The third-order valence-electron chi connectivity index (χ3n) is 6.56. The van der Waals surface area contributed by atoms with Gasteiger partial charge >= 0.3 is 0 Å². The van der Waals surface area contributed by atoms with E-state index in [0.29, 0.717) is 24.8 Å². The molecule has 2 aliphatic carbocycles. The molecule has 2 fully saturated rings. The molecule has 146 valence electrons. The predicted octanol–water partition coefficient (Wildman–Crippen LogP) is 1.47. The second kappa shape index (κ2) is 7.50. The number of para-hydroxylation sites is 1. The predicted molar refractivity (Wildman–Crippen MR) is 105 cm³/mol. The third-order valence-corrected chi connectivity index (χ3v) is 6.56. The summed E-state index contributed by atoms with van der Waals surface area (Å²) in [5.74, 6) is 1.09. The van der Waals surface area contributed by atoms with Gasteiger partial charge in [-0.25, -0.2) is 0 Å². The second-order valence-electron chi connectivity index (χ2n) is 8.42. The van der Waals surface area contributed by atoms with Crippen LogP contribution < -0.4 is 21.7 Å². The van der Waals surface area contributed by atoms with Crippen molar-refractivity contribution in [2.75, 3.05) is 11.9 Å². The van der Waals surface area contributed by atoms with Crippen LogP contribution in [0.4, 0.5) is 5.69 Å². The van der Waals surface area contributed by atoms with Crippen LogP contribution in [0.15, 0.2) is 18.2 Å². The van der Waals surface area contributed by atoms with Crippen molar-refractivity contribution in [3.63, 3.8) is 0 Å². The van der Waals surface area contributed by atoms with E-state index in [1.54, 1.807) is 0 Å². The Hall–Kier alpha value is -2.08. The number of anilines is 1. The Bertz CT molecular complexity index is 721. The van der Waals surface area contributed by atoms with Crippen molar-refractivity contribution in [1.82, 2.24) is 10.6 Å². The average molecular weight is 370 g/mol. The first-order valence-corrected chi connectivity index (χ1v) is 10.2. The molecule has 3 unspecified atom stereocenters. The Kier molecular flexibility index (Phi) is 5.08. The summed E-state index contributed by atoms with van der Waals surface area (Å²) in [4.78, 5) is 24.7. The Morgan fingerprint density at radius 2 is 1.93 bits per heavy atom. The molecule has 2 bridgehead atoms. The average Bonchev–Trinajstić information content (AvgIpc) is 3.15. The molecule has 2 saturated carbocycles. The highest BCUT2D eigenvalue weighted by atomic mass is 16.2. The largest absolute Gasteiger partial charge is 0.373 e. The van der Waals surface area contributed by atoms with Gasteiger partial charge in [-0.3, -0.25) is 9.59 Å². The lowest BCUT2D eigenvalue weighted by atomic mass is 9.80. The summed E-state index contributed by atoms with van der Waals surface area (Å²) in [5, 5.41) is 9.86. The first-order chi connectivity index (χ1) is 13.0. The number of carbonyl (C=O) groups excluding carboxylic acids is 2. The Morgan fingerprint density at radius 3 is 2.59 bits per heavy atom. The van der Waals surface area contributed by atoms with E-state index in [0.717, 1.165) is 37.8 Å². The third kappa shape index (κ3) is 3.68. The zero-order valence-corrected chi connectivity index (χ0v) is 16.0. The maximum absolute atomic E-state index is 12.8. The molecular formula is C21H30N4O2. The van der Waals surface area contributed by atoms with Crippen molar-refractivity contribution in [3.05, 3.63) is 29.3 Å². The molecule has 0 aromatic heterocycles. The summed E-state index contributed by atoms with van der Waals surface area (Å²) >= 11 is 0. The van der Waals surface area contributed by atoms with Gasteiger partial charge in [0.1, 0.15) is 6.04 Å². The minimum atomic E-state index is -0.180. The maximum atomic E-state index is 12.8. The summed E-state index contributed by atoms with van der Waals surface area (Å²) in [5.41, 5.74) is 9.01. The Morgan fingerprint density at radius 1 is 1.19 bits per heavy atom. The summed E-state index contributed by atoms with van der Waals surface area (Å²) in [6.45, 7) is 2.47. The number of carbonyl (C=O) groups is 2. The number of amides is 2. The van der Waals surface area contributed by atoms with Crippen LogP contribution in [0.3, 0.4) is 0 Å². The fraction of sp³-hybridized carbons (Fsp3) is 0.619. The maximum Gasteiger partial charge on any atom is 0.243 e. The molecule has 1 aliphatic heterocycles. The molecule has 2 amide bonds. The minimum absolute atomic E-state index is 0.0603. The van der Waals surface area contributed by atoms with Crippen LogP contribution >= 0.6 is 0 Å². The molecule has 3 atom stereocenters. The highest BCUT2D eigenvalue weighted by molar-refractivity contribution is 5.88. The van der Waals surface area contributed by atoms with Crippen molar-refractivity contribution in [1.29, 1.82) is 0 Å². The normalized spacial score (nSPS) is 31.1. The van der Waals surface area contributed by atoms with Crippen LogP contribution in [0.2, 0.25) is 0 Å². The van der Waals surface area contributed by atoms with Crippen LogP contribution in [0.1, 0.15) is 43.2 Å². The van der Waals surface area contributed by atoms with Gasteiger partial charge in [-0.05, 0) is 55.6 Å². The van der Waals surface area contributed by atoms with Crippen molar-refractivity contribution < 1.29 is 9.59 Å². The van der Waals surface area contributed by atoms with E-state index in [-0.39, 0.29) is 29.9 Å². The van der Waals surface area contributed by atoms with Gasteiger partial charge in [-0.2, -0.15) is 0 Å². The standard InChI is InChI=1S/C21H30N4O2/c1-12-3-2-4-13-11-17(24-19(12)13)21(27)23-16-9-14-5-6-15(10-16)20(14)25-18(26)7-8-22/h2-4,14-17,20,24H,5-11,22H2,1H3,(H,23,27)(H,25,26). The van der Waals surface area contributed by atoms with E-state index >= 15 is 0 Å². The van der Waals surface area contributed by atoms with Crippen LogP contribution in [0.25, 0.3) is 0 Å². The molecule has 1 heterocycles. The van der Waals surface area contributed by atoms with Crippen molar-refractivity contribution in [3.8, 4) is 0 Å². The van der Waals surface area contributed by atoms with E-state index in [2.05, 4.69) is 35.0 Å². The molecule has 4 rings (SSSR count). The van der Waals surface area contributed by atoms with Crippen molar-refractivity contribution in [2.24, 2.45) is 17.6 Å². The lowest BCUT2D eigenvalue weighted by Crippen LogP contribution is -2.52. The molecule has 1 aromatic rings. The van der Waals surface area contributed by atoms with Crippen LogP contribution in [0.5, 0.6) is 0 Å². The Balaban J connectivity index is 1.32. The van der Waals surface area contributed by atoms with Gasteiger partial charge in [-0.15, -0.1) is 0 Å². The molecule has 0 radical (unpaired) electrons. The lowest BCUT2D eigenvalue weighted by molar-refractivity contribution is -0.124. The van der Waals surface area contributed by atoms with Crippen LogP contribution in [-0.2, 0) is 16.0 Å². The molecule has 3 aliphatic rings. The van der Waals surface area contributed by atoms with E-state index in [9.17, 15) is 9.59 Å². The quantitative estimate of drug-likeness (QED) is 0.631. The smallest absolute Gasteiger partial charge is 0.243 e. The minimum Gasteiger partial charge on any atom is -0.373 e. The molecule has 27 heavy (non-hydrogen) atoms. The first kappa shape index (κ1) is 18.3. The molecule has 5 N–H and O–H groups in total. The van der Waals surface area contributed by atoms with Gasteiger partial charge in [0.15, 0.2) is 0 Å². The lowest BCUT2D eigenvalue weighted by Gasteiger charge is -2.36. The fourth-order valence-corrected chi connectivity index (χ4v) is 5.28. The topological polar surface area (TPSA) is 96.2 Å². The summed E-state index contributed by atoms with van der Waals surface area (Å²) in [7, 11) is 0. The highest BCUT2D eigenvalue weighted by Gasteiger charge is 2.44. The molecule has 6 heteroatoms. The number of rotatable bonds is 5. The van der Waals surface area contributed by atoms with Gasteiger partial charge in [0.25, 0.3) is 0 Å². The van der Waals surface area contributed by atoms with E-state index in [4.69, 9.17) is 5.73 Å². The number of nitrogens with one attached hydrogen (secondary N) is 3. The molecular weight excluding hydrogens is 340 g/mol. The van der Waals surface area contributed by atoms with Crippen LogP contribution in [0, 0.1) is 18.8 Å². The molecule has 0 spiro atoms. The fourth-order valence-electron chi connectivity index (χ4n) is 5.28. The van der Waals surface area contributed by atoms with Gasteiger partial charge in [0.05, 0.1) is 0 Å². The summed E-state index contributed by atoms with van der Waals surface area (Å²) < 4.78 is 0. The number of nitrogens with two attached hydrogens (primary N) is 1.